The van der Waals surface area contributed by atoms with E-state index in [0.717, 1.165) is 22.5 Å². The first kappa shape index (κ1) is 16.3. The van der Waals surface area contributed by atoms with E-state index >= 15 is 0 Å². The molecule has 0 bridgehead atoms. The van der Waals surface area contributed by atoms with Gasteiger partial charge in [0.05, 0.1) is 45.2 Å². The largest absolute Gasteiger partial charge is 0.493 e. The van der Waals surface area contributed by atoms with Gasteiger partial charge in [-0.25, -0.2) is 0 Å². The van der Waals surface area contributed by atoms with Crippen LogP contribution in [0, 0.1) is 0 Å². The Bertz CT molecular complexity index is 741. The molecule has 1 aromatic carbocycles. The molecule has 0 saturated carbocycles. The maximum Gasteiger partial charge on any atom is 0.227 e. The summed E-state index contributed by atoms with van der Waals surface area (Å²) in [5.41, 5.74) is 3.59. The van der Waals surface area contributed by atoms with Crippen molar-refractivity contribution in [1.82, 2.24) is 15.1 Å². The summed E-state index contributed by atoms with van der Waals surface area (Å²) in [6.45, 7) is 1.63. The summed E-state index contributed by atoms with van der Waals surface area (Å²) in [6.07, 6.45) is 0.333. The van der Waals surface area contributed by atoms with Gasteiger partial charge in [-0.15, -0.1) is 0 Å². The van der Waals surface area contributed by atoms with E-state index in [1.807, 2.05) is 18.2 Å². The number of fused-ring (bicyclic) bond motifs is 1. The minimum Gasteiger partial charge on any atom is -0.493 e. The van der Waals surface area contributed by atoms with Crippen LogP contribution in [0.25, 0.3) is 11.3 Å². The predicted octanol–water partition coefficient (Wildman–Crippen LogP) is 1.63. The van der Waals surface area contributed by atoms with E-state index < -0.39 is 0 Å². The molecule has 1 aliphatic heterocycles. The Morgan fingerprint density at radius 3 is 2.71 bits per heavy atom. The third-order valence-electron chi connectivity index (χ3n) is 4.20. The number of aromatic amines is 1. The van der Waals surface area contributed by atoms with Crippen molar-refractivity contribution in [3.8, 4) is 22.8 Å². The van der Waals surface area contributed by atoms with E-state index in [0.29, 0.717) is 37.6 Å². The molecule has 0 saturated heterocycles. The van der Waals surface area contributed by atoms with Gasteiger partial charge in [-0.1, -0.05) is 0 Å². The summed E-state index contributed by atoms with van der Waals surface area (Å²) in [7, 11) is 4.82. The number of ether oxygens (including phenoxy) is 3. The van der Waals surface area contributed by atoms with Crippen molar-refractivity contribution in [2.45, 2.75) is 13.0 Å². The highest BCUT2D eigenvalue weighted by atomic mass is 16.5. The first-order valence-electron chi connectivity index (χ1n) is 7.73. The molecule has 3 rings (SSSR count). The topological polar surface area (TPSA) is 76.7 Å². The number of hydrogen-bond donors (Lipinski definition) is 1. The summed E-state index contributed by atoms with van der Waals surface area (Å²) in [5.74, 6) is 1.38. The maximum absolute atomic E-state index is 12.4. The molecular weight excluding hydrogens is 310 g/mol. The van der Waals surface area contributed by atoms with E-state index in [4.69, 9.17) is 14.2 Å². The molecule has 24 heavy (non-hydrogen) atoms. The lowest BCUT2D eigenvalue weighted by molar-refractivity contribution is -0.132. The van der Waals surface area contributed by atoms with Crippen molar-refractivity contribution >= 4 is 5.91 Å². The molecule has 2 aromatic rings. The van der Waals surface area contributed by atoms with Gasteiger partial charge in [0, 0.05) is 24.8 Å². The Balaban J connectivity index is 1.91. The number of hydrogen-bond acceptors (Lipinski definition) is 5. The lowest BCUT2D eigenvalue weighted by Crippen LogP contribution is -2.38. The zero-order chi connectivity index (χ0) is 17.1. The van der Waals surface area contributed by atoms with E-state index in [-0.39, 0.29) is 5.91 Å². The highest BCUT2D eigenvalue weighted by Gasteiger charge is 2.28. The molecule has 0 radical (unpaired) electrons. The molecule has 0 fully saturated rings. The average molecular weight is 331 g/mol. The van der Waals surface area contributed by atoms with Crippen LogP contribution in [0.3, 0.4) is 0 Å². The third-order valence-corrected chi connectivity index (χ3v) is 4.20. The van der Waals surface area contributed by atoms with E-state index in [1.165, 1.54) is 0 Å². The molecule has 1 N–H and O–H groups in total. The van der Waals surface area contributed by atoms with Gasteiger partial charge in [0.2, 0.25) is 5.91 Å². The number of carbonyl (C=O) groups is 1. The number of nitrogens with zero attached hydrogens (tertiary/aromatic N) is 2. The van der Waals surface area contributed by atoms with Crippen LogP contribution >= 0.6 is 0 Å². The molecule has 0 atom stereocenters. The zero-order valence-corrected chi connectivity index (χ0v) is 14.1. The van der Waals surface area contributed by atoms with Crippen LogP contribution in [0.2, 0.25) is 0 Å². The summed E-state index contributed by atoms with van der Waals surface area (Å²) >= 11 is 0. The number of carbonyl (C=O) groups excluding carboxylic acids is 1. The second-order valence-corrected chi connectivity index (χ2v) is 5.58. The summed E-state index contributed by atoms with van der Waals surface area (Å²) in [6, 6.07) is 5.63. The summed E-state index contributed by atoms with van der Waals surface area (Å²) in [5, 5.41) is 7.48. The van der Waals surface area contributed by atoms with Crippen molar-refractivity contribution < 1.29 is 19.0 Å². The summed E-state index contributed by atoms with van der Waals surface area (Å²) < 4.78 is 15.7. The highest BCUT2D eigenvalue weighted by molar-refractivity contribution is 5.84. The molecule has 2 heterocycles. The average Bonchev–Trinajstić information content (AvgIpc) is 3.01. The van der Waals surface area contributed by atoms with Crippen LogP contribution in [0.1, 0.15) is 11.3 Å². The van der Waals surface area contributed by atoms with Gasteiger partial charge in [-0.3, -0.25) is 9.89 Å². The fourth-order valence-electron chi connectivity index (χ4n) is 2.89. The first-order chi connectivity index (χ1) is 11.7. The van der Waals surface area contributed by atoms with Crippen molar-refractivity contribution in [3.05, 3.63) is 29.5 Å². The smallest absolute Gasteiger partial charge is 0.227 e. The lowest BCUT2D eigenvalue weighted by atomic mass is 9.99. The molecule has 0 spiro atoms. The number of rotatable bonds is 6. The molecule has 1 aromatic heterocycles. The number of amides is 1. The minimum absolute atomic E-state index is 0.0858. The van der Waals surface area contributed by atoms with Crippen molar-refractivity contribution in [3.63, 3.8) is 0 Å². The number of nitrogens with one attached hydrogen (secondary N) is 1. The molecule has 1 amide bonds. The molecule has 128 valence electrons. The number of aromatic nitrogens is 2. The number of benzene rings is 1. The van der Waals surface area contributed by atoms with Crippen molar-refractivity contribution in [2.24, 2.45) is 0 Å². The molecule has 0 unspecified atom stereocenters. The predicted molar refractivity (Wildman–Crippen MR) is 88.1 cm³/mol. The maximum atomic E-state index is 12.4. The minimum atomic E-state index is 0.0858. The van der Waals surface area contributed by atoms with Crippen LogP contribution in [-0.4, -0.2) is 55.5 Å². The van der Waals surface area contributed by atoms with Crippen molar-refractivity contribution in [2.75, 3.05) is 34.5 Å². The SMILES string of the molecule is COCCN1Cc2[nH]nc(-c3ccc(OC)c(OC)c3)c2CC1=O. The number of H-pyrrole nitrogens is 1. The molecule has 1 aliphatic rings. The van der Waals surface area contributed by atoms with Crippen molar-refractivity contribution in [1.29, 1.82) is 0 Å². The Morgan fingerprint density at radius 2 is 2.00 bits per heavy atom. The Labute approximate surface area is 140 Å². The molecular formula is C17H21N3O4. The van der Waals surface area contributed by atoms with E-state index in [2.05, 4.69) is 10.2 Å². The van der Waals surface area contributed by atoms with Gasteiger partial charge in [0.25, 0.3) is 0 Å². The van der Waals surface area contributed by atoms with E-state index in [9.17, 15) is 4.79 Å². The normalized spacial score (nSPS) is 13.8. The molecule has 7 heteroatoms. The van der Waals surface area contributed by atoms with Crippen LogP contribution in [0.15, 0.2) is 18.2 Å². The Hall–Kier alpha value is -2.54. The molecule has 0 aliphatic carbocycles. The second-order valence-electron chi connectivity index (χ2n) is 5.58. The van der Waals surface area contributed by atoms with Gasteiger partial charge in [0.1, 0.15) is 0 Å². The third kappa shape index (κ3) is 2.94. The fraction of sp³-hybridized carbons (Fsp3) is 0.412. The van der Waals surface area contributed by atoms with Gasteiger partial charge in [0.15, 0.2) is 11.5 Å². The van der Waals surface area contributed by atoms with Crippen LogP contribution < -0.4 is 9.47 Å². The standard InChI is InChI=1S/C17H21N3O4/c1-22-7-6-20-10-13-12(9-16(20)21)17(19-18-13)11-4-5-14(23-2)15(8-11)24-3/h4-5,8H,6-7,9-10H2,1-3H3,(H,18,19). The highest BCUT2D eigenvalue weighted by Crippen LogP contribution is 2.34. The summed E-state index contributed by atoms with van der Waals surface area (Å²) in [4.78, 5) is 14.1. The zero-order valence-electron chi connectivity index (χ0n) is 14.1. The molecule has 7 nitrogen and oxygen atoms in total. The quantitative estimate of drug-likeness (QED) is 0.870. The fourth-order valence-corrected chi connectivity index (χ4v) is 2.89. The number of methoxy groups -OCH3 is 3. The van der Waals surface area contributed by atoms with E-state index in [1.54, 1.807) is 26.2 Å². The lowest BCUT2D eigenvalue weighted by Gasteiger charge is -2.26. The van der Waals surface area contributed by atoms with Gasteiger partial charge in [-0.2, -0.15) is 5.10 Å². The van der Waals surface area contributed by atoms with Crippen LogP contribution in [0.5, 0.6) is 11.5 Å². The van der Waals surface area contributed by atoms with Gasteiger partial charge >= 0.3 is 0 Å². The Morgan fingerprint density at radius 1 is 1.21 bits per heavy atom. The van der Waals surface area contributed by atoms with Gasteiger partial charge < -0.3 is 19.1 Å². The Kier molecular flexibility index (Phi) is 4.71. The second kappa shape index (κ2) is 6.92. The first-order valence-corrected chi connectivity index (χ1v) is 7.73. The monoisotopic (exact) mass is 331 g/mol. The van der Waals surface area contributed by atoms with Gasteiger partial charge in [-0.05, 0) is 18.2 Å². The van der Waals surface area contributed by atoms with Crippen LogP contribution in [0.4, 0.5) is 0 Å². The van der Waals surface area contributed by atoms with Crippen LogP contribution in [-0.2, 0) is 22.5 Å².